The van der Waals surface area contributed by atoms with Crippen LogP contribution in [0.1, 0.15) is 64.2 Å². The van der Waals surface area contributed by atoms with Gasteiger partial charge in [0.2, 0.25) is 0 Å². The minimum atomic E-state index is -0.295. The Morgan fingerprint density at radius 1 is 0.931 bits per heavy atom. The van der Waals surface area contributed by atoms with Gasteiger partial charge in [0.25, 0.3) is 0 Å². The molecule has 1 heterocycles. The van der Waals surface area contributed by atoms with Gasteiger partial charge in [0, 0.05) is 11.1 Å². The standard InChI is InChI=1S/C18H16O.C9H17N/c19-18-7-3-6-14-16-9-8-12-4-1-2-5-13(12)15(16)10-11-17(14)18;1-8(2)6-5-7-9(3,4)10-8/h1-2,4-6,9-11,18-19H,3,7-8H2;5-6,10H,7H2,1-4H3. The molecule has 3 aliphatic rings. The summed E-state index contributed by atoms with van der Waals surface area (Å²) in [5.41, 5.74) is 5.61. The van der Waals surface area contributed by atoms with E-state index in [1.165, 1.54) is 27.1 Å². The van der Waals surface area contributed by atoms with Crippen LogP contribution in [0.25, 0.3) is 23.3 Å². The summed E-state index contributed by atoms with van der Waals surface area (Å²) >= 11 is 0. The van der Waals surface area contributed by atoms with Crippen molar-refractivity contribution in [1.82, 2.24) is 5.32 Å². The van der Waals surface area contributed by atoms with E-state index in [9.17, 15) is 5.11 Å². The number of aliphatic hydroxyl groups is 1. The first-order valence-electron chi connectivity index (χ1n) is 10.8. The SMILES string of the molecule is CC1(C)C=CCC(C)(C)N1.OC1CCC=c2c1ccc1c2=CCc2ccccc2-1. The average Bonchev–Trinajstić information content (AvgIpc) is 2.66. The third-order valence-electron chi connectivity index (χ3n) is 6.13. The van der Waals surface area contributed by atoms with Crippen LogP contribution in [0.3, 0.4) is 0 Å². The second kappa shape index (κ2) is 7.59. The van der Waals surface area contributed by atoms with Gasteiger partial charge in [-0.1, -0.05) is 60.7 Å². The summed E-state index contributed by atoms with van der Waals surface area (Å²) in [5, 5.41) is 16.2. The summed E-state index contributed by atoms with van der Waals surface area (Å²) in [5.74, 6) is 0. The van der Waals surface area contributed by atoms with E-state index in [1.54, 1.807) is 0 Å². The molecule has 0 fully saturated rings. The molecule has 152 valence electrons. The predicted octanol–water partition coefficient (Wildman–Crippen LogP) is 4.39. The predicted molar refractivity (Wildman–Crippen MR) is 123 cm³/mol. The van der Waals surface area contributed by atoms with Crippen LogP contribution in [0.5, 0.6) is 0 Å². The van der Waals surface area contributed by atoms with Crippen LogP contribution in [0, 0.1) is 0 Å². The number of hydrogen-bond acceptors (Lipinski definition) is 2. The number of hydrogen-bond donors (Lipinski definition) is 2. The third kappa shape index (κ3) is 4.24. The van der Waals surface area contributed by atoms with Gasteiger partial charge in [0.15, 0.2) is 0 Å². The Hall–Kier alpha value is -2.16. The molecular weight excluding hydrogens is 354 g/mol. The summed E-state index contributed by atoms with van der Waals surface area (Å²) < 4.78 is 0. The molecular formula is C27H33NO. The zero-order valence-corrected chi connectivity index (χ0v) is 18.1. The van der Waals surface area contributed by atoms with Crippen LogP contribution in [0.4, 0.5) is 0 Å². The number of nitrogens with one attached hydrogen (secondary N) is 1. The van der Waals surface area contributed by atoms with Gasteiger partial charge in [0.1, 0.15) is 0 Å². The van der Waals surface area contributed by atoms with E-state index in [-0.39, 0.29) is 17.2 Å². The molecule has 2 aromatic rings. The van der Waals surface area contributed by atoms with Crippen LogP contribution >= 0.6 is 0 Å². The molecule has 0 saturated carbocycles. The molecule has 0 radical (unpaired) electrons. The largest absolute Gasteiger partial charge is 0.388 e. The van der Waals surface area contributed by atoms with Crippen molar-refractivity contribution in [3.05, 3.63) is 70.1 Å². The van der Waals surface area contributed by atoms with Crippen molar-refractivity contribution in [2.24, 2.45) is 0 Å². The van der Waals surface area contributed by atoms with E-state index in [1.807, 2.05) is 0 Å². The Bertz CT molecular complexity index is 1060. The van der Waals surface area contributed by atoms with Gasteiger partial charge in [-0.2, -0.15) is 0 Å². The van der Waals surface area contributed by atoms with Gasteiger partial charge in [-0.05, 0) is 86.1 Å². The average molecular weight is 388 g/mol. The summed E-state index contributed by atoms with van der Waals surface area (Å²) in [7, 11) is 0. The number of aliphatic hydroxyl groups excluding tert-OH is 1. The fraction of sp³-hybridized carbons (Fsp3) is 0.407. The molecule has 2 heteroatoms. The molecule has 5 rings (SSSR count). The first kappa shape index (κ1) is 20.1. The zero-order valence-electron chi connectivity index (χ0n) is 18.1. The highest BCUT2D eigenvalue weighted by Crippen LogP contribution is 2.26. The van der Waals surface area contributed by atoms with Crippen LogP contribution in [-0.2, 0) is 6.42 Å². The van der Waals surface area contributed by atoms with Crippen molar-refractivity contribution >= 4 is 12.2 Å². The van der Waals surface area contributed by atoms with Gasteiger partial charge in [0.05, 0.1) is 6.10 Å². The van der Waals surface area contributed by atoms with Crippen molar-refractivity contribution in [2.45, 2.75) is 70.6 Å². The lowest BCUT2D eigenvalue weighted by Crippen LogP contribution is -2.52. The van der Waals surface area contributed by atoms with Crippen LogP contribution in [-0.4, -0.2) is 16.2 Å². The first-order chi connectivity index (χ1) is 13.8. The van der Waals surface area contributed by atoms with Gasteiger partial charge in [-0.15, -0.1) is 0 Å². The quantitative estimate of drug-likeness (QED) is 0.657. The minimum Gasteiger partial charge on any atom is -0.388 e. The molecule has 1 unspecified atom stereocenters. The zero-order chi connectivity index (χ0) is 20.6. The highest BCUT2D eigenvalue weighted by atomic mass is 16.3. The molecule has 29 heavy (non-hydrogen) atoms. The van der Waals surface area contributed by atoms with E-state index in [0.29, 0.717) is 0 Å². The molecule has 0 saturated heterocycles. The van der Waals surface area contributed by atoms with Gasteiger partial charge in [-0.3, -0.25) is 0 Å². The lowest BCUT2D eigenvalue weighted by atomic mass is 9.86. The van der Waals surface area contributed by atoms with Gasteiger partial charge >= 0.3 is 0 Å². The van der Waals surface area contributed by atoms with Gasteiger partial charge < -0.3 is 10.4 Å². The second-order valence-corrected chi connectivity index (χ2v) is 9.73. The van der Waals surface area contributed by atoms with Crippen LogP contribution in [0.2, 0.25) is 0 Å². The summed E-state index contributed by atoms with van der Waals surface area (Å²) in [6.45, 7) is 8.87. The fourth-order valence-corrected chi connectivity index (χ4v) is 4.95. The number of fused-ring (bicyclic) bond motifs is 5. The lowest BCUT2D eigenvalue weighted by Gasteiger charge is -2.38. The molecule has 2 nitrogen and oxygen atoms in total. The van der Waals surface area contributed by atoms with Crippen LogP contribution in [0.15, 0.2) is 48.6 Å². The lowest BCUT2D eigenvalue weighted by molar-refractivity contribution is 0.166. The van der Waals surface area contributed by atoms with E-state index in [4.69, 9.17) is 0 Å². The third-order valence-corrected chi connectivity index (χ3v) is 6.13. The Kier molecular flexibility index (Phi) is 5.27. The second-order valence-electron chi connectivity index (χ2n) is 9.73. The molecule has 1 atom stereocenters. The van der Waals surface area contributed by atoms with Crippen molar-refractivity contribution < 1.29 is 5.11 Å². The van der Waals surface area contributed by atoms with E-state index in [2.05, 4.69) is 93.7 Å². The number of benzene rings is 2. The number of rotatable bonds is 0. The molecule has 2 aromatic carbocycles. The smallest absolute Gasteiger partial charge is 0.0798 e. The van der Waals surface area contributed by atoms with Crippen molar-refractivity contribution in [1.29, 1.82) is 0 Å². The van der Waals surface area contributed by atoms with E-state index >= 15 is 0 Å². The molecule has 2 N–H and O–H groups in total. The molecule has 2 aliphatic carbocycles. The Morgan fingerprint density at radius 2 is 1.72 bits per heavy atom. The summed E-state index contributed by atoms with van der Waals surface area (Å²) in [4.78, 5) is 0. The Balaban J connectivity index is 0.000000174. The van der Waals surface area contributed by atoms with E-state index in [0.717, 1.165) is 31.2 Å². The highest BCUT2D eigenvalue weighted by molar-refractivity contribution is 5.74. The minimum absolute atomic E-state index is 0.182. The maximum absolute atomic E-state index is 10.1. The molecule has 0 aromatic heterocycles. The molecule has 0 spiro atoms. The summed E-state index contributed by atoms with van der Waals surface area (Å²) in [6, 6.07) is 12.9. The Labute approximate surface area is 174 Å². The molecule has 0 amide bonds. The van der Waals surface area contributed by atoms with Gasteiger partial charge in [-0.25, -0.2) is 0 Å². The maximum Gasteiger partial charge on any atom is 0.0798 e. The monoisotopic (exact) mass is 387 g/mol. The fourth-order valence-electron chi connectivity index (χ4n) is 4.95. The summed E-state index contributed by atoms with van der Waals surface area (Å²) in [6.07, 6.45) is 12.7. The van der Waals surface area contributed by atoms with Crippen molar-refractivity contribution in [3.63, 3.8) is 0 Å². The van der Waals surface area contributed by atoms with E-state index < -0.39 is 0 Å². The Morgan fingerprint density at radius 3 is 2.45 bits per heavy atom. The topological polar surface area (TPSA) is 32.3 Å². The molecule has 0 bridgehead atoms. The highest BCUT2D eigenvalue weighted by Gasteiger charge is 2.27. The first-order valence-corrected chi connectivity index (χ1v) is 10.8. The van der Waals surface area contributed by atoms with Crippen molar-refractivity contribution in [3.8, 4) is 11.1 Å². The maximum atomic E-state index is 10.1. The van der Waals surface area contributed by atoms with Crippen LogP contribution < -0.4 is 15.8 Å². The molecule has 1 aliphatic heterocycles. The van der Waals surface area contributed by atoms with Crippen molar-refractivity contribution in [2.75, 3.05) is 0 Å². The normalized spacial score (nSPS) is 22.6.